The monoisotopic (exact) mass is 912 g/mol. The minimum atomic E-state index is -3.14. The highest BCUT2D eigenvalue weighted by Crippen LogP contribution is 2.39. The summed E-state index contributed by atoms with van der Waals surface area (Å²) in [5, 5.41) is 153. The molecule has 1 aromatic rings. The van der Waals surface area contributed by atoms with Crippen LogP contribution in [0.25, 0.3) is 0 Å². The van der Waals surface area contributed by atoms with E-state index in [1.807, 2.05) is 0 Å². The molecule has 21 atom stereocenters. The highest BCUT2D eigenvalue weighted by Gasteiger charge is 2.60. The first kappa shape index (κ1) is 50.5. The molecular formula is C37H56N2O24. The van der Waals surface area contributed by atoms with Gasteiger partial charge >= 0.3 is 5.97 Å². The van der Waals surface area contributed by atoms with Crippen molar-refractivity contribution < 1.29 is 119 Å². The third kappa shape index (κ3) is 10.6. The van der Waals surface area contributed by atoms with Crippen LogP contribution in [0, 0.1) is 0 Å². The number of nitrogens with one attached hydrogen (secondary N) is 2. The minimum absolute atomic E-state index is 0.198. The van der Waals surface area contributed by atoms with Crippen LogP contribution in [0.1, 0.15) is 37.6 Å². The molecular weight excluding hydrogens is 856 g/mol. The summed E-state index contributed by atoms with van der Waals surface area (Å²) in [6, 6.07) is 0.0693. The second-order valence-electron chi connectivity index (χ2n) is 15.8. The zero-order valence-electron chi connectivity index (χ0n) is 34.0. The Hall–Kier alpha value is -3.49. The van der Waals surface area contributed by atoms with Crippen molar-refractivity contribution in [3.63, 3.8) is 0 Å². The SMILES string of the molecule is CC(=O)N[C@@H]1C(O)C[C@](OC2C(O)[C@H](O[C@@H]3C(CO)O[C@@H](C)C(NC(=O)c4ccc(O)c(O)c4)[C@H]3O[C@@H]3OC(C)[C@@H](O)C(O)[C@@H]3O)OC(CO)[C@@H]2O)(C(=O)O)OC1[C@H](O)[C@H](O)CO. The average Bonchev–Trinajstić information content (AvgIpc) is 3.24. The lowest BCUT2D eigenvalue weighted by molar-refractivity contribution is -0.385. The number of amides is 2. The Labute approximate surface area is 357 Å². The number of phenols is 2. The van der Waals surface area contributed by atoms with Gasteiger partial charge in [-0.15, -0.1) is 0 Å². The number of carbonyl (C=O) groups is 3. The van der Waals surface area contributed by atoms with Gasteiger partial charge in [-0.25, -0.2) is 4.79 Å². The summed E-state index contributed by atoms with van der Waals surface area (Å²) >= 11 is 0. The number of phenolic OH excluding ortho intramolecular Hbond substituents is 2. The third-order valence-corrected chi connectivity index (χ3v) is 11.4. The van der Waals surface area contributed by atoms with E-state index in [1.54, 1.807) is 0 Å². The fourth-order valence-electron chi connectivity index (χ4n) is 7.90. The van der Waals surface area contributed by atoms with Crippen molar-refractivity contribution in [1.29, 1.82) is 0 Å². The standard InChI is InChI=1S/C37H56N2O24/c1-11-21(39-33(54)14-4-5-15(44)16(45)6-14)31(61-34-27(52)26(51)23(48)12(2)58-34)29(20(10-42)57-11)60-35-28(53)32(25(50)19(9-41)59-35)63-37(36(55)56)7-17(46)22(38-13(3)43)30(62-37)24(49)18(47)8-40/h4-6,11-12,17-32,34-35,40-42,44-53H,7-10H2,1-3H3,(H,38,43)(H,39,54)(H,55,56)/t11-,12?,17?,18+,19?,20?,21?,22+,23+,24+,25-,26?,27-,28?,29+,30?,31+,32?,34-,35-,37-/m0/s1. The van der Waals surface area contributed by atoms with Crippen LogP contribution in [0.3, 0.4) is 0 Å². The first-order valence-electron chi connectivity index (χ1n) is 19.8. The number of carboxylic acids is 1. The van der Waals surface area contributed by atoms with Gasteiger partial charge in [0, 0.05) is 18.9 Å². The summed E-state index contributed by atoms with van der Waals surface area (Å²) in [7, 11) is 0. The van der Waals surface area contributed by atoms with E-state index in [1.165, 1.54) is 13.8 Å². The van der Waals surface area contributed by atoms with Crippen molar-refractivity contribution in [1.82, 2.24) is 10.6 Å². The molecule has 0 aromatic heterocycles. The van der Waals surface area contributed by atoms with E-state index in [0.29, 0.717) is 0 Å². The first-order chi connectivity index (χ1) is 29.6. The molecule has 9 unspecified atom stereocenters. The zero-order valence-corrected chi connectivity index (χ0v) is 34.0. The molecule has 4 aliphatic rings. The van der Waals surface area contributed by atoms with E-state index < -0.39 is 184 Å². The maximum atomic E-state index is 13.6. The van der Waals surface area contributed by atoms with Crippen LogP contribution in [0.2, 0.25) is 0 Å². The molecule has 0 bridgehead atoms. The molecule has 0 spiro atoms. The van der Waals surface area contributed by atoms with E-state index in [-0.39, 0.29) is 5.56 Å². The van der Waals surface area contributed by atoms with Gasteiger partial charge in [-0.05, 0) is 32.0 Å². The number of aliphatic hydroxyl groups is 11. The minimum Gasteiger partial charge on any atom is -0.504 e. The number of carbonyl (C=O) groups excluding carboxylic acids is 2. The van der Waals surface area contributed by atoms with E-state index in [9.17, 15) is 85.9 Å². The zero-order chi connectivity index (χ0) is 46.8. The number of benzene rings is 1. The van der Waals surface area contributed by atoms with Crippen molar-refractivity contribution in [3.8, 4) is 11.5 Å². The molecule has 1 aromatic carbocycles. The van der Waals surface area contributed by atoms with Crippen LogP contribution in [-0.2, 0) is 42.7 Å². The molecule has 0 aliphatic carbocycles. The van der Waals surface area contributed by atoms with Gasteiger partial charge in [0.15, 0.2) is 24.1 Å². The number of rotatable bonds is 15. The Morgan fingerprint density at radius 2 is 1.40 bits per heavy atom. The van der Waals surface area contributed by atoms with Crippen LogP contribution < -0.4 is 10.6 Å². The quantitative estimate of drug-likeness (QED) is 0.0727. The van der Waals surface area contributed by atoms with Gasteiger partial charge in [-0.2, -0.15) is 0 Å². The summed E-state index contributed by atoms with van der Waals surface area (Å²) in [5.74, 6) is -8.08. The van der Waals surface area contributed by atoms with Gasteiger partial charge in [0.05, 0.1) is 50.2 Å². The third-order valence-electron chi connectivity index (χ3n) is 11.4. The average molecular weight is 913 g/mol. The Bertz CT molecular complexity index is 1730. The van der Waals surface area contributed by atoms with Crippen molar-refractivity contribution in [2.75, 3.05) is 19.8 Å². The Morgan fingerprint density at radius 1 is 0.762 bits per heavy atom. The van der Waals surface area contributed by atoms with Crippen LogP contribution >= 0.6 is 0 Å². The molecule has 0 saturated carbocycles. The maximum absolute atomic E-state index is 13.6. The molecule has 4 fully saturated rings. The normalized spacial score (nSPS) is 41.9. The van der Waals surface area contributed by atoms with Crippen molar-refractivity contribution in [3.05, 3.63) is 23.8 Å². The molecule has 2 amide bonds. The highest BCUT2D eigenvalue weighted by molar-refractivity contribution is 5.95. The van der Waals surface area contributed by atoms with Gasteiger partial charge in [0.1, 0.15) is 79.4 Å². The molecule has 26 heteroatoms. The second kappa shape index (κ2) is 20.8. The summed E-state index contributed by atoms with van der Waals surface area (Å²) < 4.78 is 41.0. The van der Waals surface area contributed by atoms with Gasteiger partial charge in [0.2, 0.25) is 5.91 Å². The van der Waals surface area contributed by atoms with Gasteiger partial charge in [0.25, 0.3) is 11.7 Å². The molecule has 4 heterocycles. The second-order valence-corrected chi connectivity index (χ2v) is 15.8. The molecule has 0 radical (unpaired) electrons. The van der Waals surface area contributed by atoms with E-state index in [2.05, 4.69) is 10.6 Å². The number of aliphatic carboxylic acids is 1. The Kier molecular flexibility index (Phi) is 16.7. The number of hydrogen-bond acceptors (Lipinski definition) is 23. The van der Waals surface area contributed by atoms with Gasteiger partial charge < -0.3 is 115 Å². The fraction of sp³-hybridized carbons (Fsp3) is 0.757. The van der Waals surface area contributed by atoms with Crippen LogP contribution in [0.5, 0.6) is 11.5 Å². The summed E-state index contributed by atoms with van der Waals surface area (Å²) in [5.41, 5.74) is -0.198. The van der Waals surface area contributed by atoms with Crippen molar-refractivity contribution in [2.24, 2.45) is 0 Å². The van der Waals surface area contributed by atoms with Crippen molar-refractivity contribution >= 4 is 17.8 Å². The Morgan fingerprint density at radius 3 is 1.98 bits per heavy atom. The highest BCUT2D eigenvalue weighted by atomic mass is 16.8. The summed E-state index contributed by atoms with van der Waals surface area (Å²) in [6.07, 6.45) is -34.3. The largest absolute Gasteiger partial charge is 0.504 e. The van der Waals surface area contributed by atoms with Crippen LogP contribution in [-0.4, -0.2) is 237 Å². The number of carboxylic acid groups (broad SMARTS) is 1. The lowest BCUT2D eigenvalue weighted by Crippen LogP contribution is -2.71. The Balaban J connectivity index is 1.52. The molecule has 16 N–H and O–H groups in total. The molecule has 5 rings (SSSR count). The van der Waals surface area contributed by atoms with E-state index in [4.69, 9.17) is 33.2 Å². The molecule has 26 nitrogen and oxygen atoms in total. The van der Waals surface area contributed by atoms with E-state index in [0.717, 1.165) is 25.1 Å². The number of hydrogen-bond donors (Lipinski definition) is 16. The number of ether oxygens (including phenoxy) is 7. The van der Waals surface area contributed by atoms with Gasteiger partial charge in [-0.3, -0.25) is 9.59 Å². The smallest absolute Gasteiger partial charge is 0.364 e. The van der Waals surface area contributed by atoms with Crippen molar-refractivity contribution in [2.45, 2.75) is 155 Å². The predicted molar refractivity (Wildman–Crippen MR) is 200 cm³/mol. The number of aliphatic hydroxyl groups excluding tert-OH is 11. The van der Waals surface area contributed by atoms with Crippen LogP contribution in [0.15, 0.2) is 18.2 Å². The lowest BCUT2D eigenvalue weighted by atomic mass is 9.88. The number of aromatic hydroxyl groups is 2. The van der Waals surface area contributed by atoms with E-state index >= 15 is 0 Å². The first-order valence-corrected chi connectivity index (χ1v) is 19.8. The predicted octanol–water partition coefficient (Wildman–Crippen LogP) is -7.45. The summed E-state index contributed by atoms with van der Waals surface area (Å²) in [4.78, 5) is 38.6. The molecule has 4 saturated heterocycles. The van der Waals surface area contributed by atoms with Crippen LogP contribution in [0.4, 0.5) is 0 Å². The molecule has 358 valence electrons. The molecule has 4 aliphatic heterocycles. The fourth-order valence-corrected chi connectivity index (χ4v) is 7.90. The summed E-state index contributed by atoms with van der Waals surface area (Å²) in [6.45, 7) is 0.726. The topological polar surface area (TPSA) is 423 Å². The molecule has 63 heavy (non-hydrogen) atoms. The maximum Gasteiger partial charge on any atom is 0.364 e. The lowest BCUT2D eigenvalue weighted by Gasteiger charge is -2.51. The van der Waals surface area contributed by atoms with Gasteiger partial charge in [-0.1, -0.05) is 0 Å².